The van der Waals surface area contributed by atoms with Gasteiger partial charge in [0.2, 0.25) is 0 Å². The number of aliphatic imine (C=N–C) groups is 1. The summed E-state index contributed by atoms with van der Waals surface area (Å²) in [5.41, 5.74) is 1.33. The average molecular weight is 426 g/mol. The molecule has 31 heavy (non-hydrogen) atoms. The quantitative estimate of drug-likeness (QED) is 0.520. The molecule has 1 aromatic heterocycles. The van der Waals surface area contributed by atoms with E-state index in [4.69, 9.17) is 9.41 Å². The number of hydrogen-bond acceptors (Lipinski definition) is 4. The van der Waals surface area contributed by atoms with Crippen molar-refractivity contribution in [2.45, 2.75) is 32.9 Å². The van der Waals surface area contributed by atoms with Crippen LogP contribution >= 0.6 is 0 Å². The zero-order chi connectivity index (χ0) is 22.1. The van der Waals surface area contributed by atoms with Gasteiger partial charge in [-0.05, 0) is 45.0 Å². The highest BCUT2D eigenvalue weighted by atomic mass is 16.3. The van der Waals surface area contributed by atoms with Crippen molar-refractivity contribution >= 4 is 11.9 Å². The van der Waals surface area contributed by atoms with Gasteiger partial charge in [-0.3, -0.25) is 14.7 Å². The molecule has 1 atom stereocenters. The molecular formula is C24H35N5O2. The lowest BCUT2D eigenvalue weighted by molar-refractivity contribution is 0.0657. The van der Waals surface area contributed by atoms with Gasteiger partial charge in [-0.15, -0.1) is 0 Å². The van der Waals surface area contributed by atoms with E-state index in [1.165, 1.54) is 11.8 Å². The Bertz CT molecular complexity index is 814. The normalized spacial score (nSPS) is 15.9. The highest BCUT2D eigenvalue weighted by molar-refractivity contribution is 5.91. The van der Waals surface area contributed by atoms with Crippen LogP contribution in [-0.4, -0.2) is 78.9 Å². The number of nitrogens with zero attached hydrogens (tertiary/aromatic N) is 4. The molecular weight excluding hydrogens is 390 g/mol. The maximum atomic E-state index is 12.5. The lowest BCUT2D eigenvalue weighted by atomic mass is 10.1. The summed E-state index contributed by atoms with van der Waals surface area (Å²) in [6.07, 6.45) is 2.53. The molecule has 7 heteroatoms. The largest absolute Gasteiger partial charge is 0.459 e. The molecule has 1 unspecified atom stereocenters. The van der Waals surface area contributed by atoms with E-state index in [2.05, 4.69) is 66.3 Å². The molecule has 1 saturated heterocycles. The number of rotatable bonds is 8. The number of amides is 1. The van der Waals surface area contributed by atoms with Crippen molar-refractivity contribution in [2.75, 3.05) is 46.3 Å². The van der Waals surface area contributed by atoms with Crippen molar-refractivity contribution in [1.82, 2.24) is 20.0 Å². The predicted octanol–water partition coefficient (Wildman–Crippen LogP) is 2.91. The predicted molar refractivity (Wildman–Crippen MR) is 124 cm³/mol. The molecule has 1 aliphatic rings. The van der Waals surface area contributed by atoms with Crippen LogP contribution in [0.15, 0.2) is 58.1 Å². The first-order valence-electron chi connectivity index (χ1n) is 11.2. The SMILES string of the molecule is CCNC(=NCCC(C)N(C)Cc1ccccc1)N1CCN(C(=O)c2ccco2)CC1. The van der Waals surface area contributed by atoms with Crippen LogP contribution in [0.1, 0.15) is 36.4 Å². The van der Waals surface area contributed by atoms with Gasteiger partial charge in [-0.1, -0.05) is 30.3 Å². The number of furan rings is 1. The van der Waals surface area contributed by atoms with E-state index in [0.717, 1.165) is 45.1 Å². The fraction of sp³-hybridized carbons (Fsp3) is 0.500. The van der Waals surface area contributed by atoms with E-state index in [1.807, 2.05) is 4.90 Å². The molecule has 0 bridgehead atoms. The van der Waals surface area contributed by atoms with Crippen molar-refractivity contribution in [3.8, 4) is 0 Å². The van der Waals surface area contributed by atoms with Crippen molar-refractivity contribution in [3.63, 3.8) is 0 Å². The molecule has 0 saturated carbocycles. The van der Waals surface area contributed by atoms with Gasteiger partial charge >= 0.3 is 0 Å². The molecule has 0 aliphatic carbocycles. The highest BCUT2D eigenvalue weighted by Crippen LogP contribution is 2.11. The summed E-state index contributed by atoms with van der Waals surface area (Å²) in [5.74, 6) is 1.30. The third-order valence-corrected chi connectivity index (χ3v) is 5.77. The fourth-order valence-corrected chi connectivity index (χ4v) is 3.71. The number of nitrogens with one attached hydrogen (secondary N) is 1. The minimum absolute atomic E-state index is 0.0399. The molecule has 1 N–H and O–H groups in total. The number of piperazine rings is 1. The minimum atomic E-state index is -0.0399. The Labute approximate surface area is 185 Å². The molecule has 0 spiro atoms. The number of guanidine groups is 1. The van der Waals surface area contributed by atoms with Crippen LogP contribution in [0.25, 0.3) is 0 Å². The summed E-state index contributed by atoms with van der Waals surface area (Å²) < 4.78 is 5.25. The van der Waals surface area contributed by atoms with Crippen molar-refractivity contribution in [3.05, 3.63) is 60.1 Å². The lowest BCUT2D eigenvalue weighted by Crippen LogP contribution is -2.53. The highest BCUT2D eigenvalue weighted by Gasteiger charge is 2.25. The zero-order valence-corrected chi connectivity index (χ0v) is 19.0. The van der Waals surface area contributed by atoms with Crippen molar-refractivity contribution < 1.29 is 9.21 Å². The monoisotopic (exact) mass is 425 g/mol. The summed E-state index contributed by atoms with van der Waals surface area (Å²) in [5, 5.41) is 3.41. The summed E-state index contributed by atoms with van der Waals surface area (Å²) in [7, 11) is 2.17. The second-order valence-electron chi connectivity index (χ2n) is 8.03. The van der Waals surface area contributed by atoms with E-state index < -0.39 is 0 Å². The van der Waals surface area contributed by atoms with Crippen LogP contribution in [0.3, 0.4) is 0 Å². The summed E-state index contributed by atoms with van der Waals surface area (Å²) in [4.78, 5) is 23.8. The Kier molecular flexibility index (Phi) is 8.53. The van der Waals surface area contributed by atoms with Gasteiger partial charge in [0.25, 0.3) is 5.91 Å². The van der Waals surface area contributed by atoms with E-state index in [0.29, 0.717) is 24.9 Å². The summed E-state index contributed by atoms with van der Waals surface area (Å²) in [6.45, 7) is 9.75. The van der Waals surface area contributed by atoms with Crippen LogP contribution in [0.5, 0.6) is 0 Å². The Morgan fingerprint density at radius 2 is 1.84 bits per heavy atom. The number of hydrogen-bond donors (Lipinski definition) is 1. The topological polar surface area (TPSA) is 64.3 Å². The Morgan fingerprint density at radius 1 is 1.13 bits per heavy atom. The number of carbonyl (C=O) groups excluding carboxylic acids is 1. The molecule has 2 heterocycles. The number of carbonyl (C=O) groups is 1. The fourth-order valence-electron chi connectivity index (χ4n) is 3.71. The molecule has 1 aromatic carbocycles. The lowest BCUT2D eigenvalue weighted by Gasteiger charge is -2.36. The van der Waals surface area contributed by atoms with Crippen LogP contribution in [0.4, 0.5) is 0 Å². The van der Waals surface area contributed by atoms with Crippen LogP contribution in [0, 0.1) is 0 Å². The number of benzene rings is 1. The van der Waals surface area contributed by atoms with Crippen LogP contribution < -0.4 is 5.32 Å². The maximum Gasteiger partial charge on any atom is 0.289 e. The van der Waals surface area contributed by atoms with E-state index in [1.54, 1.807) is 12.1 Å². The molecule has 0 radical (unpaired) electrons. The van der Waals surface area contributed by atoms with Gasteiger partial charge in [0.05, 0.1) is 6.26 Å². The Morgan fingerprint density at radius 3 is 2.48 bits per heavy atom. The van der Waals surface area contributed by atoms with Gasteiger partial charge in [0.15, 0.2) is 11.7 Å². The van der Waals surface area contributed by atoms with Crippen molar-refractivity contribution in [2.24, 2.45) is 4.99 Å². The third kappa shape index (κ3) is 6.59. The van der Waals surface area contributed by atoms with Crippen LogP contribution in [-0.2, 0) is 6.54 Å². The summed E-state index contributed by atoms with van der Waals surface area (Å²) in [6, 6.07) is 14.5. The third-order valence-electron chi connectivity index (χ3n) is 5.77. The first-order chi connectivity index (χ1) is 15.1. The molecule has 3 rings (SSSR count). The van der Waals surface area contributed by atoms with Gasteiger partial charge in [-0.25, -0.2) is 0 Å². The van der Waals surface area contributed by atoms with Gasteiger partial charge in [-0.2, -0.15) is 0 Å². The molecule has 1 amide bonds. The van der Waals surface area contributed by atoms with E-state index >= 15 is 0 Å². The van der Waals surface area contributed by atoms with Gasteiger partial charge in [0.1, 0.15) is 0 Å². The summed E-state index contributed by atoms with van der Waals surface area (Å²) >= 11 is 0. The van der Waals surface area contributed by atoms with E-state index in [-0.39, 0.29) is 5.91 Å². The Balaban J connectivity index is 1.48. The van der Waals surface area contributed by atoms with Crippen molar-refractivity contribution in [1.29, 1.82) is 0 Å². The average Bonchev–Trinajstić information content (AvgIpc) is 3.34. The van der Waals surface area contributed by atoms with Gasteiger partial charge in [0, 0.05) is 51.9 Å². The van der Waals surface area contributed by atoms with Gasteiger partial charge < -0.3 is 19.5 Å². The maximum absolute atomic E-state index is 12.5. The first-order valence-corrected chi connectivity index (χ1v) is 11.2. The zero-order valence-electron chi connectivity index (χ0n) is 19.0. The molecule has 168 valence electrons. The molecule has 7 nitrogen and oxygen atoms in total. The minimum Gasteiger partial charge on any atom is -0.459 e. The standard InChI is InChI=1S/C24H35N5O2/c1-4-25-24(26-13-12-20(2)27(3)19-21-9-6-5-7-10-21)29-16-14-28(15-17-29)23(30)22-11-8-18-31-22/h5-11,18,20H,4,12-17,19H2,1-3H3,(H,25,26). The second-order valence-corrected chi connectivity index (χ2v) is 8.03. The van der Waals surface area contributed by atoms with E-state index in [9.17, 15) is 4.79 Å². The molecule has 1 fully saturated rings. The van der Waals surface area contributed by atoms with Crippen LogP contribution in [0.2, 0.25) is 0 Å². The second kappa shape index (κ2) is 11.6. The Hall–Kier alpha value is -2.80. The first kappa shape index (κ1) is 22.9. The molecule has 2 aromatic rings. The smallest absolute Gasteiger partial charge is 0.289 e. The molecule has 1 aliphatic heterocycles.